The normalized spacial score (nSPS) is 22.1. The number of carbonyl (C=O) groups excluding carboxylic acids is 1. The Morgan fingerprint density at radius 3 is 2.59 bits per heavy atom. The number of carbonyl (C=O) groups is 1. The minimum Gasteiger partial charge on any atom is -0.372 e. The fourth-order valence-electron chi connectivity index (χ4n) is 2.55. The van der Waals surface area contributed by atoms with Crippen LogP contribution in [0.5, 0.6) is 0 Å². The highest BCUT2D eigenvalue weighted by atomic mass is 16.5. The molecule has 1 saturated heterocycles. The molecule has 1 N–H and O–H groups in total. The number of para-hydroxylation sites is 1. The molecule has 5 nitrogen and oxygen atoms in total. The molecule has 2 rings (SSSR count). The molecule has 116 valence electrons. The molecule has 1 aliphatic heterocycles. The van der Waals surface area contributed by atoms with Crippen LogP contribution in [0.15, 0.2) is 36.0 Å². The van der Waals surface area contributed by atoms with Gasteiger partial charge in [-0.3, -0.25) is 4.79 Å². The van der Waals surface area contributed by atoms with Gasteiger partial charge in [0, 0.05) is 25.0 Å². The molecular weight excluding hydrogens is 278 g/mol. The molecule has 0 aromatic heterocycles. The Kier molecular flexibility index (Phi) is 5.18. The number of rotatable bonds is 3. The van der Waals surface area contributed by atoms with Gasteiger partial charge in [-0.2, -0.15) is 5.26 Å². The second-order valence-electron chi connectivity index (χ2n) is 5.63. The summed E-state index contributed by atoms with van der Waals surface area (Å²) in [5.74, 6) is -0.386. The number of nitrogens with one attached hydrogen (secondary N) is 1. The predicted octanol–water partition coefficient (Wildman–Crippen LogP) is 2.45. The van der Waals surface area contributed by atoms with E-state index in [1.165, 1.54) is 0 Å². The topological polar surface area (TPSA) is 65.4 Å². The van der Waals surface area contributed by atoms with Gasteiger partial charge < -0.3 is 15.0 Å². The van der Waals surface area contributed by atoms with Crippen molar-refractivity contribution in [2.24, 2.45) is 0 Å². The predicted molar refractivity (Wildman–Crippen MR) is 85.1 cm³/mol. The highest BCUT2D eigenvalue weighted by Crippen LogP contribution is 2.16. The Hall–Kier alpha value is -2.32. The van der Waals surface area contributed by atoms with Crippen molar-refractivity contribution in [1.82, 2.24) is 4.90 Å². The van der Waals surface area contributed by atoms with Crippen molar-refractivity contribution in [3.8, 4) is 6.07 Å². The van der Waals surface area contributed by atoms with E-state index >= 15 is 0 Å². The minimum atomic E-state index is -0.386. The van der Waals surface area contributed by atoms with Crippen LogP contribution in [0.2, 0.25) is 0 Å². The number of hydrogen-bond acceptors (Lipinski definition) is 4. The first-order chi connectivity index (χ1) is 10.5. The molecule has 5 heteroatoms. The number of nitriles is 1. The summed E-state index contributed by atoms with van der Waals surface area (Å²) in [5.41, 5.74) is 1.78. The molecule has 1 aromatic carbocycles. The lowest BCUT2D eigenvalue weighted by Crippen LogP contribution is -2.43. The number of ether oxygens (including phenoxy) is 1. The quantitative estimate of drug-likeness (QED) is 0.688. The molecule has 1 aliphatic rings. The van der Waals surface area contributed by atoms with Crippen LogP contribution in [-0.2, 0) is 9.53 Å². The van der Waals surface area contributed by atoms with E-state index in [-0.39, 0.29) is 23.7 Å². The molecule has 2 unspecified atom stereocenters. The van der Waals surface area contributed by atoms with E-state index in [0.717, 1.165) is 11.3 Å². The standard InChI is InChI=1S/C17H21N3O2/c1-12-6-4-5-7-16(12)19-17(21)15(8-18)11-20-9-13(2)22-14(3)10-20/h4-7,11,13-14H,9-10H2,1-3H3,(H,19,21)/b15-11-. The van der Waals surface area contributed by atoms with Crippen LogP contribution in [-0.4, -0.2) is 36.1 Å². The largest absolute Gasteiger partial charge is 0.372 e. The van der Waals surface area contributed by atoms with E-state index in [2.05, 4.69) is 5.32 Å². The zero-order valence-electron chi connectivity index (χ0n) is 13.2. The maximum absolute atomic E-state index is 12.3. The summed E-state index contributed by atoms with van der Waals surface area (Å²) in [5, 5.41) is 12.1. The van der Waals surface area contributed by atoms with Crippen LogP contribution in [0.1, 0.15) is 19.4 Å². The van der Waals surface area contributed by atoms with Crippen molar-refractivity contribution in [3.63, 3.8) is 0 Å². The molecule has 2 atom stereocenters. The second kappa shape index (κ2) is 7.10. The molecular formula is C17H21N3O2. The SMILES string of the molecule is Cc1ccccc1NC(=O)/C(C#N)=C\N1CC(C)OC(C)C1. The van der Waals surface area contributed by atoms with E-state index in [0.29, 0.717) is 13.1 Å². The van der Waals surface area contributed by atoms with E-state index in [4.69, 9.17) is 4.74 Å². The maximum atomic E-state index is 12.3. The lowest BCUT2D eigenvalue weighted by Gasteiger charge is -2.34. The van der Waals surface area contributed by atoms with E-state index < -0.39 is 0 Å². The molecule has 1 aromatic rings. The average Bonchev–Trinajstić information content (AvgIpc) is 2.46. The van der Waals surface area contributed by atoms with Gasteiger partial charge in [0.05, 0.1) is 12.2 Å². The van der Waals surface area contributed by atoms with Crippen LogP contribution >= 0.6 is 0 Å². The van der Waals surface area contributed by atoms with Crippen molar-refractivity contribution in [1.29, 1.82) is 5.26 Å². The van der Waals surface area contributed by atoms with Crippen molar-refractivity contribution >= 4 is 11.6 Å². The molecule has 0 bridgehead atoms. The molecule has 0 radical (unpaired) electrons. The summed E-state index contributed by atoms with van der Waals surface area (Å²) >= 11 is 0. The van der Waals surface area contributed by atoms with Crippen molar-refractivity contribution in [3.05, 3.63) is 41.6 Å². The third-order valence-corrected chi connectivity index (χ3v) is 3.52. The monoisotopic (exact) mass is 299 g/mol. The van der Waals surface area contributed by atoms with Crippen molar-refractivity contribution < 1.29 is 9.53 Å². The minimum absolute atomic E-state index is 0.0828. The lowest BCUT2D eigenvalue weighted by molar-refractivity contribution is -0.112. The number of anilines is 1. The number of nitrogens with zero attached hydrogens (tertiary/aromatic N) is 2. The molecule has 22 heavy (non-hydrogen) atoms. The Morgan fingerprint density at radius 1 is 1.36 bits per heavy atom. The zero-order valence-corrected chi connectivity index (χ0v) is 13.2. The van der Waals surface area contributed by atoms with Gasteiger partial charge in [-0.25, -0.2) is 0 Å². The van der Waals surface area contributed by atoms with Crippen LogP contribution in [0.4, 0.5) is 5.69 Å². The van der Waals surface area contributed by atoms with Gasteiger partial charge in [0.25, 0.3) is 5.91 Å². The third-order valence-electron chi connectivity index (χ3n) is 3.52. The van der Waals surface area contributed by atoms with E-state index in [1.54, 1.807) is 6.20 Å². The number of amides is 1. The lowest BCUT2D eigenvalue weighted by atomic mass is 10.2. The molecule has 1 fully saturated rings. The average molecular weight is 299 g/mol. The fraction of sp³-hybridized carbons (Fsp3) is 0.412. The Bertz CT molecular complexity index is 609. The van der Waals surface area contributed by atoms with Gasteiger partial charge in [-0.05, 0) is 32.4 Å². The van der Waals surface area contributed by atoms with Crippen LogP contribution in [0.25, 0.3) is 0 Å². The fourth-order valence-corrected chi connectivity index (χ4v) is 2.55. The van der Waals surface area contributed by atoms with Gasteiger partial charge in [-0.15, -0.1) is 0 Å². The highest BCUT2D eigenvalue weighted by Gasteiger charge is 2.21. The molecule has 0 spiro atoms. The first kappa shape index (κ1) is 16.1. The van der Waals surface area contributed by atoms with Crippen LogP contribution < -0.4 is 5.32 Å². The van der Waals surface area contributed by atoms with Gasteiger partial charge in [-0.1, -0.05) is 18.2 Å². The first-order valence-electron chi connectivity index (χ1n) is 7.38. The summed E-state index contributed by atoms with van der Waals surface area (Å²) in [6, 6.07) is 9.48. The maximum Gasteiger partial charge on any atom is 0.267 e. The van der Waals surface area contributed by atoms with Crippen LogP contribution in [0.3, 0.4) is 0 Å². The third kappa shape index (κ3) is 4.09. The molecule has 1 heterocycles. The van der Waals surface area contributed by atoms with Gasteiger partial charge in [0.1, 0.15) is 11.6 Å². The Morgan fingerprint density at radius 2 is 2.00 bits per heavy atom. The molecule has 1 amide bonds. The van der Waals surface area contributed by atoms with Crippen molar-refractivity contribution in [2.75, 3.05) is 18.4 Å². The second-order valence-corrected chi connectivity index (χ2v) is 5.63. The van der Waals surface area contributed by atoms with Crippen LogP contribution in [0, 0.1) is 18.3 Å². The number of benzene rings is 1. The van der Waals surface area contributed by atoms with Gasteiger partial charge in [0.15, 0.2) is 0 Å². The van der Waals surface area contributed by atoms with Gasteiger partial charge >= 0.3 is 0 Å². The first-order valence-corrected chi connectivity index (χ1v) is 7.38. The number of aryl methyl sites for hydroxylation is 1. The van der Waals surface area contributed by atoms with E-state index in [9.17, 15) is 10.1 Å². The summed E-state index contributed by atoms with van der Waals surface area (Å²) in [7, 11) is 0. The number of morpholine rings is 1. The Labute approximate surface area is 131 Å². The molecule has 0 saturated carbocycles. The summed E-state index contributed by atoms with van der Waals surface area (Å²) in [6.07, 6.45) is 1.79. The van der Waals surface area contributed by atoms with Crippen molar-refractivity contribution in [2.45, 2.75) is 33.0 Å². The summed E-state index contributed by atoms with van der Waals surface area (Å²) < 4.78 is 5.65. The summed E-state index contributed by atoms with van der Waals surface area (Å²) in [6.45, 7) is 7.23. The highest BCUT2D eigenvalue weighted by molar-refractivity contribution is 6.06. The Balaban J connectivity index is 2.10. The summed E-state index contributed by atoms with van der Waals surface area (Å²) in [4.78, 5) is 14.2. The van der Waals surface area contributed by atoms with E-state index in [1.807, 2.05) is 56.0 Å². The smallest absolute Gasteiger partial charge is 0.267 e. The van der Waals surface area contributed by atoms with Gasteiger partial charge in [0.2, 0.25) is 0 Å². The number of hydrogen-bond donors (Lipinski definition) is 1. The zero-order chi connectivity index (χ0) is 16.1. The molecule has 0 aliphatic carbocycles.